The zero-order valence-corrected chi connectivity index (χ0v) is 9.12. The number of nitro benzene ring substituents is 1. The van der Waals surface area contributed by atoms with E-state index in [1.54, 1.807) is 19.1 Å². The summed E-state index contributed by atoms with van der Waals surface area (Å²) in [7, 11) is 0. The smallest absolute Gasteiger partial charge is 0.337 e. The number of esters is 1. The average molecular weight is 234 g/mol. The fraction of sp³-hybridized carbons (Fsp3) is 0.273. The van der Waals surface area contributed by atoms with Gasteiger partial charge < -0.3 is 4.74 Å². The lowest BCUT2D eigenvalue weighted by molar-refractivity contribution is -0.384. The lowest BCUT2D eigenvalue weighted by atomic mass is 10.1. The summed E-state index contributed by atoms with van der Waals surface area (Å²) in [6.07, 6.45) is 0. The van der Waals surface area contributed by atoms with Crippen LogP contribution in [0, 0.1) is 10.1 Å². The van der Waals surface area contributed by atoms with E-state index >= 15 is 0 Å². The fourth-order valence-electron chi connectivity index (χ4n) is 1.47. The molecule has 17 heavy (non-hydrogen) atoms. The summed E-state index contributed by atoms with van der Waals surface area (Å²) in [6.45, 7) is 2.05. The molecule has 0 radical (unpaired) electrons. The van der Waals surface area contributed by atoms with Gasteiger partial charge >= 0.3 is 5.97 Å². The van der Waals surface area contributed by atoms with Crippen molar-refractivity contribution in [1.82, 2.24) is 0 Å². The van der Waals surface area contributed by atoms with Crippen LogP contribution in [0.1, 0.15) is 12.5 Å². The Bertz CT molecular complexity index is 493. The Kier molecular flexibility index (Phi) is 2.86. The second-order valence-electron chi connectivity index (χ2n) is 3.47. The van der Waals surface area contributed by atoms with Gasteiger partial charge in [0.25, 0.3) is 5.69 Å². The van der Waals surface area contributed by atoms with Crippen LogP contribution in [0.5, 0.6) is 0 Å². The van der Waals surface area contributed by atoms with Crippen LogP contribution in [0.15, 0.2) is 29.3 Å². The van der Waals surface area contributed by atoms with E-state index in [1.165, 1.54) is 12.1 Å². The molecular formula is C11H10N2O4. The minimum Gasteiger partial charge on any atom is -0.464 e. The molecule has 6 nitrogen and oxygen atoms in total. The maximum absolute atomic E-state index is 11.3. The fourth-order valence-corrected chi connectivity index (χ4v) is 1.47. The molecule has 1 aliphatic heterocycles. The van der Waals surface area contributed by atoms with Crippen molar-refractivity contribution in [2.45, 2.75) is 13.0 Å². The van der Waals surface area contributed by atoms with Crippen LogP contribution in [0.25, 0.3) is 0 Å². The van der Waals surface area contributed by atoms with Crippen LogP contribution in [0.4, 0.5) is 5.69 Å². The summed E-state index contributed by atoms with van der Waals surface area (Å²) in [5, 5.41) is 10.5. The number of aliphatic imine (C=N–C) groups is 1. The zero-order valence-electron chi connectivity index (χ0n) is 9.12. The topological polar surface area (TPSA) is 81.8 Å². The standard InChI is InChI=1S/C11H10N2O4/c1-2-17-11(14)10-9(12-10)7-3-5-8(6-4-7)13(15)16/h3-6,10H,2H2,1H3. The van der Waals surface area contributed by atoms with E-state index in [1.807, 2.05) is 0 Å². The number of carbonyl (C=O) groups is 1. The molecular weight excluding hydrogens is 224 g/mol. The van der Waals surface area contributed by atoms with E-state index in [4.69, 9.17) is 4.74 Å². The quantitative estimate of drug-likeness (QED) is 0.447. The molecule has 0 saturated carbocycles. The van der Waals surface area contributed by atoms with Gasteiger partial charge in [-0.3, -0.25) is 15.1 Å². The second-order valence-corrected chi connectivity index (χ2v) is 3.47. The summed E-state index contributed by atoms with van der Waals surface area (Å²) in [6, 6.07) is 5.40. The van der Waals surface area contributed by atoms with E-state index in [0.29, 0.717) is 17.9 Å². The van der Waals surface area contributed by atoms with Crippen molar-refractivity contribution in [1.29, 1.82) is 0 Å². The monoisotopic (exact) mass is 234 g/mol. The van der Waals surface area contributed by atoms with E-state index in [-0.39, 0.29) is 11.7 Å². The predicted octanol–water partition coefficient (Wildman–Crippen LogP) is 1.33. The second kappa shape index (κ2) is 4.32. The Morgan fingerprint density at radius 1 is 1.47 bits per heavy atom. The SMILES string of the molecule is CCOC(=O)C1N=C1c1ccc([N+](=O)[O-])cc1. The van der Waals surface area contributed by atoms with Gasteiger partial charge in [0, 0.05) is 12.1 Å². The van der Waals surface area contributed by atoms with Crippen molar-refractivity contribution in [3.63, 3.8) is 0 Å². The molecule has 0 saturated heterocycles. The molecule has 6 heteroatoms. The predicted molar refractivity (Wildman–Crippen MR) is 60.1 cm³/mol. The van der Waals surface area contributed by atoms with E-state index < -0.39 is 11.0 Å². The van der Waals surface area contributed by atoms with E-state index in [0.717, 1.165) is 0 Å². The minimum atomic E-state index is -0.531. The average Bonchev–Trinajstić information content (AvgIpc) is 3.09. The molecule has 0 bridgehead atoms. The first-order chi connectivity index (χ1) is 8.13. The first-order valence-corrected chi connectivity index (χ1v) is 5.12. The largest absolute Gasteiger partial charge is 0.464 e. The molecule has 1 aliphatic rings. The number of hydrogen-bond donors (Lipinski definition) is 0. The van der Waals surface area contributed by atoms with Gasteiger partial charge in [0.1, 0.15) is 0 Å². The Balaban J connectivity index is 2.04. The summed E-state index contributed by atoms with van der Waals surface area (Å²) < 4.78 is 4.82. The van der Waals surface area contributed by atoms with Gasteiger partial charge in [-0.05, 0) is 24.6 Å². The lowest BCUT2D eigenvalue weighted by Crippen LogP contribution is -2.16. The molecule has 1 heterocycles. The van der Waals surface area contributed by atoms with Gasteiger partial charge in [0.15, 0.2) is 6.04 Å². The van der Waals surface area contributed by atoms with Gasteiger partial charge in [0.05, 0.1) is 17.2 Å². The van der Waals surface area contributed by atoms with Crippen LogP contribution in [0.2, 0.25) is 0 Å². The molecule has 0 spiro atoms. The molecule has 1 aromatic rings. The van der Waals surface area contributed by atoms with Crippen LogP contribution in [-0.4, -0.2) is 29.3 Å². The van der Waals surface area contributed by atoms with Crippen LogP contribution in [-0.2, 0) is 9.53 Å². The molecule has 2 rings (SSSR count). The molecule has 1 atom stereocenters. The molecule has 88 valence electrons. The van der Waals surface area contributed by atoms with E-state index in [2.05, 4.69) is 4.99 Å². The highest BCUT2D eigenvalue weighted by molar-refractivity contribution is 6.24. The summed E-state index contributed by atoms with van der Waals surface area (Å²) in [4.78, 5) is 25.3. The third kappa shape index (κ3) is 2.30. The number of nitrogens with zero attached hydrogens (tertiary/aromatic N) is 2. The van der Waals surface area contributed by atoms with Crippen molar-refractivity contribution in [3.8, 4) is 0 Å². The lowest BCUT2D eigenvalue weighted by Gasteiger charge is -1.98. The molecule has 0 N–H and O–H groups in total. The minimum absolute atomic E-state index is 0.0164. The zero-order chi connectivity index (χ0) is 12.4. The van der Waals surface area contributed by atoms with Gasteiger partial charge in [-0.2, -0.15) is 0 Å². The maximum Gasteiger partial charge on any atom is 0.337 e. The first-order valence-electron chi connectivity index (χ1n) is 5.12. The molecule has 0 amide bonds. The van der Waals surface area contributed by atoms with Gasteiger partial charge in [-0.25, -0.2) is 4.79 Å². The van der Waals surface area contributed by atoms with Crippen LogP contribution < -0.4 is 0 Å². The third-order valence-electron chi connectivity index (χ3n) is 2.34. The molecule has 1 unspecified atom stereocenters. The normalized spacial score (nSPS) is 17.2. The van der Waals surface area contributed by atoms with Crippen molar-refractivity contribution < 1.29 is 14.5 Å². The maximum atomic E-state index is 11.3. The number of hydrogen-bond acceptors (Lipinski definition) is 5. The number of nitro groups is 1. The Morgan fingerprint density at radius 2 is 2.12 bits per heavy atom. The van der Waals surface area contributed by atoms with Crippen molar-refractivity contribution in [3.05, 3.63) is 39.9 Å². The van der Waals surface area contributed by atoms with Gasteiger partial charge in [-0.1, -0.05) is 0 Å². The highest BCUT2D eigenvalue weighted by Crippen LogP contribution is 2.23. The third-order valence-corrected chi connectivity index (χ3v) is 2.34. The number of carbonyl (C=O) groups excluding carboxylic acids is 1. The Hall–Kier alpha value is -2.24. The van der Waals surface area contributed by atoms with Crippen LogP contribution in [0.3, 0.4) is 0 Å². The number of rotatable bonds is 4. The van der Waals surface area contributed by atoms with Crippen molar-refractivity contribution in [2.75, 3.05) is 6.61 Å². The molecule has 0 aliphatic carbocycles. The number of non-ortho nitro benzene ring substituents is 1. The van der Waals surface area contributed by atoms with Gasteiger partial charge in [0.2, 0.25) is 0 Å². The first kappa shape index (κ1) is 11.3. The highest BCUT2D eigenvalue weighted by Gasteiger charge is 2.37. The van der Waals surface area contributed by atoms with Crippen LogP contribution >= 0.6 is 0 Å². The van der Waals surface area contributed by atoms with Crippen molar-refractivity contribution >= 4 is 17.4 Å². The molecule has 1 aromatic carbocycles. The highest BCUT2D eigenvalue weighted by atomic mass is 16.6. The Morgan fingerprint density at radius 3 is 2.65 bits per heavy atom. The summed E-state index contributed by atoms with van der Waals surface area (Å²) >= 11 is 0. The number of ether oxygens (including phenoxy) is 1. The summed E-state index contributed by atoms with van der Waals surface area (Å²) in [5.41, 5.74) is 1.36. The number of benzene rings is 1. The Labute approximate surface area is 97.1 Å². The van der Waals surface area contributed by atoms with Crippen molar-refractivity contribution in [2.24, 2.45) is 4.99 Å². The van der Waals surface area contributed by atoms with Gasteiger partial charge in [-0.15, -0.1) is 0 Å². The van der Waals surface area contributed by atoms with E-state index in [9.17, 15) is 14.9 Å². The summed E-state index contributed by atoms with van der Waals surface area (Å²) in [5.74, 6) is -0.374. The molecule has 0 fully saturated rings. The molecule has 0 aromatic heterocycles.